The summed E-state index contributed by atoms with van der Waals surface area (Å²) in [7, 11) is 0. The number of thiophene rings is 1. The Morgan fingerprint density at radius 2 is 2.14 bits per heavy atom. The van der Waals surface area contributed by atoms with E-state index in [0.717, 1.165) is 20.5 Å². The van der Waals surface area contributed by atoms with E-state index in [9.17, 15) is 0 Å². The minimum Gasteiger partial charge on any atom is -0.392 e. The van der Waals surface area contributed by atoms with Crippen LogP contribution < -0.4 is 0 Å². The molecular weight excluding hydrogens is 239 g/mol. The number of aliphatic hydroxyl groups is 1. The lowest BCUT2D eigenvalue weighted by molar-refractivity contribution is 0.283. The molecule has 0 aliphatic rings. The molecule has 14 heavy (non-hydrogen) atoms. The number of hydrogen-bond acceptors (Lipinski definition) is 2. The molecule has 0 amide bonds. The normalized spacial score (nSPS) is 11.1. The molecule has 0 saturated heterocycles. The molecule has 4 heteroatoms. The molecule has 0 bridgehead atoms. The Morgan fingerprint density at radius 1 is 1.36 bits per heavy atom. The van der Waals surface area contributed by atoms with Gasteiger partial charge < -0.3 is 5.11 Å². The van der Waals surface area contributed by atoms with Crippen LogP contribution in [0.25, 0.3) is 10.1 Å². The van der Waals surface area contributed by atoms with Crippen molar-refractivity contribution in [2.45, 2.75) is 12.5 Å². The van der Waals surface area contributed by atoms with Gasteiger partial charge in [-0.05, 0) is 17.7 Å². The van der Waals surface area contributed by atoms with Crippen LogP contribution in [0.2, 0.25) is 5.02 Å². The molecule has 0 saturated carbocycles. The van der Waals surface area contributed by atoms with Crippen molar-refractivity contribution in [3.05, 3.63) is 33.7 Å². The number of rotatable bonds is 2. The summed E-state index contributed by atoms with van der Waals surface area (Å²) in [6.45, 7) is 0.0376. The molecule has 0 fully saturated rings. The summed E-state index contributed by atoms with van der Waals surface area (Å²) in [4.78, 5) is 1.07. The van der Waals surface area contributed by atoms with Gasteiger partial charge in [0.25, 0.3) is 0 Å². The van der Waals surface area contributed by atoms with Gasteiger partial charge in [-0.1, -0.05) is 17.7 Å². The zero-order valence-corrected chi connectivity index (χ0v) is 9.59. The molecule has 2 aromatic rings. The predicted octanol–water partition coefficient (Wildman–Crippen LogP) is 3.79. The molecule has 2 rings (SSSR count). The molecule has 0 unspecified atom stereocenters. The van der Waals surface area contributed by atoms with Crippen molar-refractivity contribution in [2.24, 2.45) is 0 Å². The lowest BCUT2D eigenvalue weighted by Gasteiger charge is -1.99. The Balaban J connectivity index is 2.74. The number of benzene rings is 1. The van der Waals surface area contributed by atoms with Crippen molar-refractivity contribution in [1.29, 1.82) is 0 Å². The van der Waals surface area contributed by atoms with E-state index >= 15 is 0 Å². The smallest absolute Gasteiger partial charge is 0.0695 e. The first kappa shape index (κ1) is 10.2. The molecule has 1 nitrogen and oxygen atoms in total. The molecule has 0 spiro atoms. The standard InChI is InChI=1S/C10H8Cl2OS/c11-4-7-3-8-9(12)2-1-6(5-13)10(8)14-7/h1-3,13H,4-5H2. The summed E-state index contributed by atoms with van der Waals surface area (Å²) in [5.74, 6) is 0.487. The van der Waals surface area contributed by atoms with Gasteiger partial charge in [0.05, 0.1) is 12.5 Å². The summed E-state index contributed by atoms with van der Waals surface area (Å²) >= 11 is 13.4. The fraction of sp³-hybridized carbons (Fsp3) is 0.200. The van der Waals surface area contributed by atoms with Crippen molar-refractivity contribution in [3.8, 4) is 0 Å². The van der Waals surface area contributed by atoms with Crippen molar-refractivity contribution < 1.29 is 5.11 Å². The van der Waals surface area contributed by atoms with Gasteiger partial charge in [0, 0.05) is 20.0 Å². The summed E-state index contributed by atoms with van der Waals surface area (Å²) in [6, 6.07) is 5.63. The molecule has 1 heterocycles. The number of hydrogen-bond donors (Lipinski definition) is 1. The highest BCUT2D eigenvalue weighted by atomic mass is 35.5. The lowest BCUT2D eigenvalue weighted by Crippen LogP contribution is -1.81. The Hall–Kier alpha value is -0.280. The van der Waals surface area contributed by atoms with E-state index in [-0.39, 0.29) is 6.61 Å². The maximum Gasteiger partial charge on any atom is 0.0695 e. The number of alkyl halides is 1. The monoisotopic (exact) mass is 246 g/mol. The molecule has 0 aliphatic carbocycles. The molecule has 74 valence electrons. The van der Waals surface area contributed by atoms with Crippen LogP contribution in [0.5, 0.6) is 0 Å². The van der Waals surface area contributed by atoms with E-state index in [2.05, 4.69) is 0 Å². The van der Waals surface area contributed by atoms with Crippen LogP contribution >= 0.6 is 34.5 Å². The van der Waals surface area contributed by atoms with E-state index < -0.39 is 0 Å². The van der Waals surface area contributed by atoms with Crippen LogP contribution in [0.15, 0.2) is 18.2 Å². The van der Waals surface area contributed by atoms with Crippen LogP contribution in [0, 0.1) is 0 Å². The van der Waals surface area contributed by atoms with Gasteiger partial charge in [0.15, 0.2) is 0 Å². The van der Waals surface area contributed by atoms with Crippen molar-refractivity contribution in [3.63, 3.8) is 0 Å². The van der Waals surface area contributed by atoms with E-state index in [1.807, 2.05) is 12.1 Å². The summed E-state index contributed by atoms with van der Waals surface area (Å²) in [5, 5.41) is 10.8. The van der Waals surface area contributed by atoms with Crippen molar-refractivity contribution >= 4 is 44.6 Å². The van der Waals surface area contributed by atoms with Gasteiger partial charge in [-0.3, -0.25) is 0 Å². The second-order valence-corrected chi connectivity index (χ2v) is 4.76. The largest absolute Gasteiger partial charge is 0.392 e. The quantitative estimate of drug-likeness (QED) is 0.800. The first-order chi connectivity index (χ1) is 6.76. The van der Waals surface area contributed by atoms with Crippen LogP contribution in [0.3, 0.4) is 0 Å². The van der Waals surface area contributed by atoms with Crippen LogP contribution in [-0.2, 0) is 12.5 Å². The van der Waals surface area contributed by atoms with Crippen LogP contribution in [0.4, 0.5) is 0 Å². The van der Waals surface area contributed by atoms with E-state index in [1.54, 1.807) is 17.4 Å². The highest BCUT2D eigenvalue weighted by Crippen LogP contribution is 2.34. The van der Waals surface area contributed by atoms with Gasteiger partial charge >= 0.3 is 0 Å². The average Bonchev–Trinajstić information content (AvgIpc) is 2.63. The third-order valence-corrected chi connectivity index (χ3v) is 4.05. The van der Waals surface area contributed by atoms with Crippen molar-refractivity contribution in [1.82, 2.24) is 0 Å². The summed E-state index contributed by atoms with van der Waals surface area (Å²) in [6.07, 6.45) is 0. The number of halogens is 2. The third kappa shape index (κ3) is 1.63. The minimum atomic E-state index is 0.0376. The summed E-state index contributed by atoms with van der Waals surface area (Å²) < 4.78 is 1.04. The van der Waals surface area contributed by atoms with Gasteiger partial charge in [0.1, 0.15) is 0 Å². The highest BCUT2D eigenvalue weighted by molar-refractivity contribution is 7.19. The van der Waals surface area contributed by atoms with Crippen LogP contribution in [0.1, 0.15) is 10.4 Å². The molecule has 0 radical (unpaired) electrons. The zero-order chi connectivity index (χ0) is 10.1. The van der Waals surface area contributed by atoms with Crippen molar-refractivity contribution in [2.75, 3.05) is 0 Å². The average molecular weight is 247 g/mol. The Kier molecular flexibility index (Phi) is 2.98. The molecule has 0 atom stereocenters. The fourth-order valence-electron chi connectivity index (χ4n) is 1.39. The second-order valence-electron chi connectivity index (χ2n) is 2.95. The molecule has 1 aromatic heterocycles. The van der Waals surface area contributed by atoms with Gasteiger partial charge in [-0.25, -0.2) is 0 Å². The number of fused-ring (bicyclic) bond motifs is 1. The molecule has 1 aromatic carbocycles. The maximum atomic E-state index is 9.14. The number of aliphatic hydroxyl groups excluding tert-OH is 1. The first-order valence-corrected chi connectivity index (χ1v) is 5.85. The second kappa shape index (κ2) is 4.07. The Morgan fingerprint density at radius 3 is 2.79 bits per heavy atom. The maximum absolute atomic E-state index is 9.14. The van der Waals surface area contributed by atoms with E-state index in [1.165, 1.54) is 0 Å². The zero-order valence-electron chi connectivity index (χ0n) is 7.26. The molecule has 0 aliphatic heterocycles. The van der Waals surface area contributed by atoms with Gasteiger partial charge in [-0.15, -0.1) is 22.9 Å². The van der Waals surface area contributed by atoms with Crippen LogP contribution in [-0.4, -0.2) is 5.11 Å². The Bertz CT molecular complexity index is 464. The molecule has 1 N–H and O–H groups in total. The summed E-state index contributed by atoms with van der Waals surface area (Å²) in [5.41, 5.74) is 0.908. The predicted molar refractivity (Wildman–Crippen MR) is 62.3 cm³/mol. The lowest BCUT2D eigenvalue weighted by atomic mass is 10.2. The third-order valence-electron chi connectivity index (χ3n) is 2.06. The fourth-order valence-corrected chi connectivity index (χ4v) is 2.93. The SMILES string of the molecule is OCc1ccc(Cl)c2cc(CCl)sc12. The minimum absolute atomic E-state index is 0.0376. The van der Waals surface area contributed by atoms with Gasteiger partial charge in [-0.2, -0.15) is 0 Å². The first-order valence-electron chi connectivity index (χ1n) is 4.13. The topological polar surface area (TPSA) is 20.2 Å². The highest BCUT2D eigenvalue weighted by Gasteiger charge is 2.08. The molecular formula is C10H8Cl2OS. The Labute approximate surface area is 95.9 Å². The van der Waals surface area contributed by atoms with E-state index in [4.69, 9.17) is 28.3 Å². The van der Waals surface area contributed by atoms with E-state index in [0.29, 0.717) is 10.9 Å². The van der Waals surface area contributed by atoms with Gasteiger partial charge in [0.2, 0.25) is 0 Å².